The summed E-state index contributed by atoms with van der Waals surface area (Å²) in [6, 6.07) is 6.51. The van der Waals surface area contributed by atoms with Crippen LogP contribution in [-0.4, -0.2) is 48.7 Å². The molecule has 0 aromatic heterocycles. The number of carboxylic acid groups (broad SMARTS) is 1. The number of benzene rings is 1. The molecule has 0 amide bonds. The van der Waals surface area contributed by atoms with E-state index < -0.39 is 5.97 Å². The first-order valence-electron chi connectivity index (χ1n) is 6.27. The van der Waals surface area contributed by atoms with Crippen molar-refractivity contribution >= 4 is 11.7 Å². The van der Waals surface area contributed by atoms with Gasteiger partial charge in [0.1, 0.15) is 5.82 Å². The lowest BCUT2D eigenvalue weighted by molar-refractivity contribution is -0.131. The average molecular weight is 264 g/mol. The van der Waals surface area contributed by atoms with Crippen LogP contribution in [-0.2, 0) is 4.79 Å². The summed E-state index contributed by atoms with van der Waals surface area (Å²) in [5.74, 6) is -1.13. The molecule has 0 aliphatic carbocycles. The zero-order valence-corrected chi connectivity index (χ0v) is 10.6. The molecule has 1 heterocycles. The largest absolute Gasteiger partial charge is 0.478 e. The van der Waals surface area contributed by atoms with Crippen molar-refractivity contribution in [1.29, 1.82) is 0 Å². The Bertz CT molecular complexity index is 451. The molecular weight excluding hydrogens is 247 g/mol. The first kappa shape index (κ1) is 13.5. The van der Waals surface area contributed by atoms with Gasteiger partial charge in [0.25, 0.3) is 0 Å². The van der Waals surface area contributed by atoms with Gasteiger partial charge in [0.05, 0.1) is 0 Å². The second-order valence-electron chi connectivity index (χ2n) is 4.50. The van der Waals surface area contributed by atoms with Gasteiger partial charge >= 0.3 is 5.97 Å². The van der Waals surface area contributed by atoms with E-state index in [1.165, 1.54) is 18.2 Å². The number of nitrogens with zero attached hydrogens (tertiary/aromatic N) is 2. The van der Waals surface area contributed by atoms with Crippen LogP contribution in [0, 0.1) is 5.82 Å². The van der Waals surface area contributed by atoms with Crippen LogP contribution in [0.15, 0.2) is 36.4 Å². The first-order chi connectivity index (χ1) is 9.15. The first-order valence-corrected chi connectivity index (χ1v) is 6.27. The monoisotopic (exact) mass is 264 g/mol. The molecule has 0 saturated carbocycles. The van der Waals surface area contributed by atoms with Gasteiger partial charge in [0.2, 0.25) is 0 Å². The van der Waals surface area contributed by atoms with Gasteiger partial charge in [-0.25, -0.2) is 9.18 Å². The quantitative estimate of drug-likeness (QED) is 0.839. The Morgan fingerprint density at radius 1 is 1.21 bits per heavy atom. The lowest BCUT2D eigenvalue weighted by Gasteiger charge is -2.35. The number of rotatable bonds is 4. The lowest BCUT2D eigenvalue weighted by atomic mass is 10.2. The van der Waals surface area contributed by atoms with E-state index in [9.17, 15) is 9.18 Å². The predicted molar refractivity (Wildman–Crippen MR) is 71.8 cm³/mol. The number of hydrogen-bond donors (Lipinski definition) is 1. The van der Waals surface area contributed by atoms with Gasteiger partial charge in [0, 0.05) is 44.5 Å². The number of anilines is 1. The fraction of sp³-hybridized carbons (Fsp3) is 0.357. The summed E-state index contributed by atoms with van der Waals surface area (Å²) < 4.78 is 12.8. The van der Waals surface area contributed by atoms with Crippen molar-refractivity contribution in [3.8, 4) is 0 Å². The molecule has 0 radical (unpaired) electrons. The molecular formula is C14H17FN2O2. The highest BCUT2D eigenvalue weighted by molar-refractivity contribution is 5.79. The zero-order valence-electron chi connectivity index (χ0n) is 10.6. The second-order valence-corrected chi connectivity index (χ2v) is 4.50. The number of aliphatic carboxylic acids is 1. The predicted octanol–water partition coefficient (Wildman–Crippen LogP) is 1.59. The number of halogens is 1. The van der Waals surface area contributed by atoms with Crippen molar-refractivity contribution in [1.82, 2.24) is 4.90 Å². The Hall–Kier alpha value is -1.88. The Morgan fingerprint density at radius 3 is 2.42 bits per heavy atom. The number of carboxylic acids is 1. The van der Waals surface area contributed by atoms with Gasteiger partial charge < -0.3 is 10.0 Å². The van der Waals surface area contributed by atoms with Crippen LogP contribution in [0.5, 0.6) is 0 Å². The van der Waals surface area contributed by atoms with E-state index in [-0.39, 0.29) is 5.82 Å². The van der Waals surface area contributed by atoms with Crippen molar-refractivity contribution in [2.45, 2.75) is 0 Å². The van der Waals surface area contributed by atoms with Crippen LogP contribution in [0.3, 0.4) is 0 Å². The van der Waals surface area contributed by atoms with E-state index in [0.717, 1.165) is 31.9 Å². The minimum atomic E-state index is -0.912. The van der Waals surface area contributed by atoms with Gasteiger partial charge in [0.15, 0.2) is 0 Å². The normalized spacial score (nSPS) is 17.0. The van der Waals surface area contributed by atoms with Gasteiger partial charge in [-0.1, -0.05) is 6.08 Å². The van der Waals surface area contributed by atoms with Crippen molar-refractivity contribution in [2.24, 2.45) is 0 Å². The lowest BCUT2D eigenvalue weighted by Crippen LogP contribution is -2.46. The maximum absolute atomic E-state index is 12.8. The molecule has 4 nitrogen and oxygen atoms in total. The molecule has 1 saturated heterocycles. The Kier molecular flexibility index (Phi) is 4.52. The Morgan fingerprint density at radius 2 is 1.84 bits per heavy atom. The minimum absolute atomic E-state index is 0.221. The van der Waals surface area contributed by atoms with Crippen molar-refractivity contribution in [3.63, 3.8) is 0 Å². The summed E-state index contributed by atoms with van der Waals surface area (Å²) in [7, 11) is 0. The number of carbonyl (C=O) groups is 1. The third kappa shape index (κ3) is 4.06. The molecule has 1 N–H and O–H groups in total. The molecule has 1 aromatic carbocycles. The third-order valence-electron chi connectivity index (χ3n) is 3.19. The number of piperazine rings is 1. The van der Waals surface area contributed by atoms with Crippen LogP contribution in [0.25, 0.3) is 0 Å². The molecule has 0 unspecified atom stereocenters. The maximum Gasteiger partial charge on any atom is 0.328 e. The smallest absolute Gasteiger partial charge is 0.328 e. The number of hydrogen-bond acceptors (Lipinski definition) is 3. The minimum Gasteiger partial charge on any atom is -0.478 e. The highest BCUT2D eigenvalue weighted by Gasteiger charge is 2.16. The van der Waals surface area contributed by atoms with Crippen molar-refractivity contribution in [3.05, 3.63) is 42.2 Å². The van der Waals surface area contributed by atoms with Gasteiger partial charge in [-0.05, 0) is 24.3 Å². The Balaban J connectivity index is 1.82. The van der Waals surface area contributed by atoms with Crippen LogP contribution < -0.4 is 4.90 Å². The summed E-state index contributed by atoms with van der Waals surface area (Å²) >= 11 is 0. The van der Waals surface area contributed by atoms with E-state index in [1.54, 1.807) is 18.2 Å². The standard InChI is InChI=1S/C14H17FN2O2/c15-12-3-5-13(6-4-12)17-10-8-16(9-11-17)7-1-2-14(18)19/h1-6H,7-11H2,(H,18,19). The van der Waals surface area contributed by atoms with Crippen LogP contribution >= 0.6 is 0 Å². The summed E-state index contributed by atoms with van der Waals surface area (Å²) in [5.41, 5.74) is 1.03. The van der Waals surface area contributed by atoms with Crippen LogP contribution in [0.2, 0.25) is 0 Å². The molecule has 1 fully saturated rings. The van der Waals surface area contributed by atoms with E-state index >= 15 is 0 Å². The second kappa shape index (κ2) is 6.33. The van der Waals surface area contributed by atoms with Crippen LogP contribution in [0.1, 0.15) is 0 Å². The van der Waals surface area contributed by atoms with Gasteiger partial charge in [-0.15, -0.1) is 0 Å². The highest BCUT2D eigenvalue weighted by Crippen LogP contribution is 2.16. The zero-order chi connectivity index (χ0) is 13.7. The molecule has 1 aromatic rings. The summed E-state index contributed by atoms with van der Waals surface area (Å²) in [5, 5.41) is 8.51. The van der Waals surface area contributed by atoms with Gasteiger partial charge in [-0.2, -0.15) is 0 Å². The van der Waals surface area contributed by atoms with Crippen molar-refractivity contribution in [2.75, 3.05) is 37.6 Å². The van der Waals surface area contributed by atoms with E-state index in [2.05, 4.69) is 9.80 Å². The van der Waals surface area contributed by atoms with E-state index in [4.69, 9.17) is 5.11 Å². The summed E-state index contributed by atoms with van der Waals surface area (Å²) in [6.07, 6.45) is 2.84. The fourth-order valence-corrected chi connectivity index (χ4v) is 2.14. The SMILES string of the molecule is O=C(O)C=CCN1CCN(c2ccc(F)cc2)CC1. The molecule has 1 aliphatic heterocycles. The molecule has 19 heavy (non-hydrogen) atoms. The maximum atomic E-state index is 12.8. The van der Waals surface area contributed by atoms with Gasteiger partial charge in [-0.3, -0.25) is 4.90 Å². The van der Waals surface area contributed by atoms with E-state index in [0.29, 0.717) is 6.54 Å². The molecule has 1 aliphatic rings. The highest BCUT2D eigenvalue weighted by atomic mass is 19.1. The molecule has 5 heteroatoms. The molecule has 102 valence electrons. The molecule has 0 spiro atoms. The summed E-state index contributed by atoms with van der Waals surface area (Å²) in [4.78, 5) is 14.8. The fourth-order valence-electron chi connectivity index (χ4n) is 2.14. The molecule has 2 rings (SSSR count). The topological polar surface area (TPSA) is 43.8 Å². The third-order valence-corrected chi connectivity index (χ3v) is 3.19. The molecule has 0 atom stereocenters. The van der Waals surface area contributed by atoms with Crippen molar-refractivity contribution < 1.29 is 14.3 Å². The van der Waals surface area contributed by atoms with E-state index in [1.807, 2.05) is 0 Å². The molecule has 0 bridgehead atoms. The van der Waals surface area contributed by atoms with Crippen LogP contribution in [0.4, 0.5) is 10.1 Å². The Labute approximate surface area is 111 Å². The summed E-state index contributed by atoms with van der Waals surface area (Å²) in [6.45, 7) is 4.14. The average Bonchev–Trinajstić information content (AvgIpc) is 2.40.